The average molecular weight is 192 g/mol. The molecule has 0 atom stereocenters. The molecule has 2 rings (SSSR count). The highest BCUT2D eigenvalue weighted by atomic mass is 32.2. The number of rotatable bonds is 1. The van der Waals surface area contributed by atoms with Gasteiger partial charge in [-0.05, 0) is 11.0 Å². The Morgan fingerprint density at radius 3 is 2.50 bits per heavy atom. The van der Waals surface area contributed by atoms with Crippen LogP contribution in [0.15, 0.2) is 35.7 Å². The molecule has 0 radical (unpaired) electrons. The lowest BCUT2D eigenvalue weighted by Crippen LogP contribution is -1.94. The topological polar surface area (TPSA) is 0 Å². The van der Waals surface area contributed by atoms with Crippen LogP contribution in [0.25, 0.3) is 5.57 Å². The minimum absolute atomic E-state index is 0.972. The summed E-state index contributed by atoms with van der Waals surface area (Å²) in [6, 6.07) is 10.3. The molecule has 0 spiro atoms. The fourth-order valence-corrected chi connectivity index (χ4v) is 2.48. The van der Waals surface area contributed by atoms with Gasteiger partial charge in [-0.15, -0.1) is 11.8 Å². The third-order valence-electron chi connectivity index (χ3n) is 1.80. The van der Waals surface area contributed by atoms with Crippen molar-refractivity contribution in [2.24, 2.45) is 0 Å². The van der Waals surface area contributed by atoms with Gasteiger partial charge in [0.2, 0.25) is 0 Å². The summed E-state index contributed by atoms with van der Waals surface area (Å²) in [4.78, 5) is 1.08. The minimum Gasteiger partial charge on any atom is -0.128 e. The Balaban J connectivity index is 2.38. The van der Waals surface area contributed by atoms with Crippen molar-refractivity contribution in [3.63, 3.8) is 0 Å². The normalized spacial score (nSPS) is 16.3. The zero-order valence-corrected chi connectivity index (χ0v) is 8.12. The van der Waals surface area contributed by atoms with Crippen LogP contribution in [-0.2, 0) is 0 Å². The van der Waals surface area contributed by atoms with Crippen molar-refractivity contribution in [2.45, 2.75) is 0 Å². The molecule has 0 aliphatic carbocycles. The molecular weight excluding hydrogens is 184 g/mol. The third-order valence-corrected chi connectivity index (χ3v) is 3.21. The Bertz CT molecular complexity index is 325. The van der Waals surface area contributed by atoms with Crippen LogP contribution >= 0.6 is 24.0 Å². The maximum Gasteiger partial charge on any atom is 0.0338 e. The predicted octanol–water partition coefficient (Wildman–Crippen LogP) is 3.14. The van der Waals surface area contributed by atoms with Gasteiger partial charge in [0, 0.05) is 16.2 Å². The van der Waals surface area contributed by atoms with Gasteiger partial charge in [0.15, 0.2) is 0 Å². The van der Waals surface area contributed by atoms with Crippen LogP contribution in [0, 0.1) is 0 Å². The van der Waals surface area contributed by atoms with E-state index >= 15 is 0 Å². The van der Waals surface area contributed by atoms with Crippen molar-refractivity contribution >= 4 is 34.4 Å². The summed E-state index contributed by atoms with van der Waals surface area (Å²) in [5, 5.41) is 2.15. The summed E-state index contributed by atoms with van der Waals surface area (Å²) in [5.41, 5.74) is 2.48. The minimum atomic E-state index is 0.972. The summed E-state index contributed by atoms with van der Waals surface area (Å²) in [6.07, 6.45) is 0. The molecule has 0 nitrogen and oxygen atoms in total. The molecule has 0 amide bonds. The van der Waals surface area contributed by atoms with Crippen molar-refractivity contribution in [2.75, 3.05) is 5.75 Å². The Morgan fingerprint density at radius 2 is 1.92 bits per heavy atom. The molecule has 60 valence electrons. The lowest BCUT2D eigenvalue weighted by Gasteiger charge is -2.00. The Hall–Kier alpha value is -0.600. The highest BCUT2D eigenvalue weighted by Crippen LogP contribution is 2.28. The molecule has 0 bridgehead atoms. The van der Waals surface area contributed by atoms with Crippen molar-refractivity contribution in [3.05, 3.63) is 41.3 Å². The molecule has 0 unspecified atom stereocenters. The van der Waals surface area contributed by atoms with Gasteiger partial charge in [0.1, 0.15) is 0 Å². The summed E-state index contributed by atoms with van der Waals surface area (Å²) in [7, 11) is 0. The first kappa shape index (κ1) is 8.02. The highest BCUT2D eigenvalue weighted by Gasteiger charge is 2.12. The first-order chi connectivity index (χ1) is 5.88. The summed E-state index contributed by atoms with van der Waals surface area (Å²) in [5.74, 6) is 0.972. The van der Waals surface area contributed by atoms with Crippen LogP contribution in [0.4, 0.5) is 0 Å². The largest absolute Gasteiger partial charge is 0.128 e. The Labute approximate surface area is 81.7 Å². The monoisotopic (exact) mass is 192 g/mol. The van der Waals surface area contributed by atoms with Crippen LogP contribution in [0.2, 0.25) is 0 Å². The van der Waals surface area contributed by atoms with Gasteiger partial charge in [-0.1, -0.05) is 42.5 Å². The molecule has 12 heavy (non-hydrogen) atoms. The van der Waals surface area contributed by atoms with Gasteiger partial charge >= 0.3 is 0 Å². The van der Waals surface area contributed by atoms with Crippen LogP contribution in [0.1, 0.15) is 5.56 Å². The molecular formula is C10H8S2. The van der Waals surface area contributed by atoms with Crippen LogP contribution in [-0.4, -0.2) is 10.6 Å². The van der Waals surface area contributed by atoms with E-state index < -0.39 is 0 Å². The fraction of sp³-hybridized carbons (Fsp3) is 0.100. The van der Waals surface area contributed by atoms with Crippen molar-refractivity contribution in [3.8, 4) is 0 Å². The van der Waals surface area contributed by atoms with Crippen LogP contribution < -0.4 is 0 Å². The molecule has 1 aromatic rings. The average Bonchev–Trinajstić information content (AvgIpc) is 2.53. The molecule has 0 fully saturated rings. The molecule has 0 saturated carbocycles. The third kappa shape index (κ3) is 1.45. The lowest BCUT2D eigenvalue weighted by molar-refractivity contribution is 1.65. The molecule has 2 heteroatoms. The van der Waals surface area contributed by atoms with E-state index in [-0.39, 0.29) is 0 Å². The highest BCUT2D eigenvalue weighted by molar-refractivity contribution is 8.05. The van der Waals surface area contributed by atoms with E-state index in [9.17, 15) is 0 Å². The maximum absolute atomic E-state index is 5.23. The van der Waals surface area contributed by atoms with E-state index in [0.717, 1.165) is 10.6 Å². The number of thioether (sulfide) groups is 1. The van der Waals surface area contributed by atoms with Crippen molar-refractivity contribution in [1.82, 2.24) is 0 Å². The van der Waals surface area contributed by atoms with E-state index in [1.807, 2.05) is 18.2 Å². The first-order valence-corrected chi connectivity index (χ1v) is 5.24. The number of thiocarbonyl (C=S) groups is 1. The predicted molar refractivity (Wildman–Crippen MR) is 59.5 cm³/mol. The number of benzene rings is 1. The van der Waals surface area contributed by atoms with E-state index in [1.54, 1.807) is 11.8 Å². The zero-order valence-electron chi connectivity index (χ0n) is 6.49. The molecule has 0 saturated heterocycles. The lowest BCUT2D eigenvalue weighted by atomic mass is 10.1. The summed E-state index contributed by atoms with van der Waals surface area (Å²) in [6.45, 7) is 0. The second-order valence-corrected chi connectivity index (χ2v) is 3.98. The van der Waals surface area contributed by atoms with E-state index in [1.165, 1.54) is 11.1 Å². The molecule has 1 aromatic carbocycles. The molecule has 1 aliphatic heterocycles. The van der Waals surface area contributed by atoms with E-state index in [4.69, 9.17) is 12.2 Å². The fourth-order valence-electron chi connectivity index (χ4n) is 1.19. The second kappa shape index (κ2) is 3.42. The molecule has 0 aromatic heterocycles. The van der Waals surface area contributed by atoms with Gasteiger partial charge in [0.25, 0.3) is 0 Å². The molecule has 1 heterocycles. The molecule has 1 aliphatic rings. The molecule has 0 N–H and O–H groups in total. The standard InChI is InChI=1S/C10H8S2/c11-10-7-12-6-9(10)8-4-2-1-3-5-8/h1-6H,7H2. The smallest absolute Gasteiger partial charge is 0.0338 e. The number of hydrogen-bond donors (Lipinski definition) is 0. The van der Waals surface area contributed by atoms with E-state index in [0.29, 0.717) is 0 Å². The summed E-state index contributed by atoms with van der Waals surface area (Å²) < 4.78 is 0. The first-order valence-electron chi connectivity index (χ1n) is 3.78. The van der Waals surface area contributed by atoms with Gasteiger partial charge in [-0.3, -0.25) is 0 Å². The van der Waals surface area contributed by atoms with Gasteiger partial charge in [-0.2, -0.15) is 0 Å². The van der Waals surface area contributed by atoms with Crippen LogP contribution in [0.5, 0.6) is 0 Å². The van der Waals surface area contributed by atoms with Crippen LogP contribution in [0.3, 0.4) is 0 Å². The number of allylic oxidation sites excluding steroid dienone is 1. The zero-order chi connectivity index (χ0) is 8.39. The quantitative estimate of drug-likeness (QED) is 0.627. The SMILES string of the molecule is S=C1CSC=C1c1ccccc1. The van der Waals surface area contributed by atoms with Crippen molar-refractivity contribution in [1.29, 1.82) is 0 Å². The second-order valence-electron chi connectivity index (χ2n) is 2.63. The summed E-state index contributed by atoms with van der Waals surface area (Å²) >= 11 is 7.02. The number of hydrogen-bond acceptors (Lipinski definition) is 2. The maximum atomic E-state index is 5.23. The Morgan fingerprint density at radius 1 is 1.17 bits per heavy atom. The van der Waals surface area contributed by atoms with Crippen molar-refractivity contribution < 1.29 is 0 Å². The van der Waals surface area contributed by atoms with Gasteiger partial charge in [-0.25, -0.2) is 0 Å². The van der Waals surface area contributed by atoms with E-state index in [2.05, 4.69) is 17.5 Å². The van der Waals surface area contributed by atoms with Gasteiger partial charge < -0.3 is 0 Å². The Kier molecular flexibility index (Phi) is 2.28. The van der Waals surface area contributed by atoms with Gasteiger partial charge in [0.05, 0.1) is 0 Å².